The summed E-state index contributed by atoms with van der Waals surface area (Å²) in [5.41, 5.74) is 17.8. The summed E-state index contributed by atoms with van der Waals surface area (Å²) in [5, 5.41) is 1.96. The summed E-state index contributed by atoms with van der Waals surface area (Å²) in [6.07, 6.45) is 1.71. The van der Waals surface area contributed by atoms with Gasteiger partial charge >= 0.3 is 294 Å². The van der Waals surface area contributed by atoms with Gasteiger partial charge in [0.2, 0.25) is 0 Å². The Kier molecular flexibility index (Phi) is 10.1. The average molecular weight is 1220 g/mol. The quantitative estimate of drug-likeness (QED) is 0.152. The van der Waals surface area contributed by atoms with Gasteiger partial charge in [-0.3, -0.25) is 0 Å². The predicted octanol–water partition coefficient (Wildman–Crippen LogP) is 18.6. The number of nitrogens with zero attached hydrogens (tertiary/aromatic N) is 4. The van der Waals surface area contributed by atoms with Crippen molar-refractivity contribution in [2.24, 2.45) is 0 Å². The molecule has 0 saturated heterocycles. The summed E-state index contributed by atoms with van der Waals surface area (Å²) in [5.74, 6) is 3.33. The molecule has 81 heavy (non-hydrogen) atoms. The van der Waals surface area contributed by atoms with Crippen LogP contribution in [0.15, 0.2) is 273 Å². The van der Waals surface area contributed by atoms with E-state index in [1.807, 2.05) is 60.7 Å². The van der Waals surface area contributed by atoms with Crippen molar-refractivity contribution in [3.63, 3.8) is 0 Å². The van der Waals surface area contributed by atoms with Crippen LogP contribution in [-0.4, -0.2) is 18.7 Å². The van der Waals surface area contributed by atoms with Crippen LogP contribution in [0.4, 0.5) is 0 Å². The number of ether oxygens (including phenoxy) is 2. The second-order valence-electron chi connectivity index (χ2n) is 20.7. The van der Waals surface area contributed by atoms with Crippen LogP contribution < -0.4 is 9.47 Å². The molecule has 0 atom stereocenters. The first-order valence-electron chi connectivity index (χ1n) is 28.6. The Morgan fingerprint density at radius 3 is 1.65 bits per heavy atom. The molecule has 1 aliphatic heterocycles. The second-order valence-corrected chi connectivity index (χ2v) is 21.7. The van der Waals surface area contributed by atoms with Crippen molar-refractivity contribution < 1.29 is 32.9 Å². The summed E-state index contributed by atoms with van der Waals surface area (Å²) in [4.78, 5) is 5.19. The minimum Gasteiger partial charge on any atom is -0.457 e. The zero-order valence-corrected chi connectivity index (χ0v) is 45.7. The fraction of sp³-hybridized carbons (Fsp3) is 0.0270. The number of hydrogen-bond donors (Lipinski definition) is 0. The molecule has 0 saturated carbocycles. The number of pyridine rings is 1. The van der Waals surface area contributed by atoms with Crippen LogP contribution in [0.25, 0.3) is 94.5 Å². The molecule has 0 bridgehead atoms. The third kappa shape index (κ3) is 7.23. The van der Waals surface area contributed by atoms with E-state index in [2.05, 4.69) is 233 Å². The van der Waals surface area contributed by atoms with Gasteiger partial charge in [-0.15, -0.1) is 0 Å². The molecule has 1 aliphatic carbocycles. The zero-order chi connectivity index (χ0) is 56.3. The van der Waals surface area contributed by atoms with Gasteiger partial charge < -0.3 is 4.74 Å². The van der Waals surface area contributed by atoms with E-state index in [0.29, 0.717) is 22.9 Å². The fourth-order valence-electron chi connectivity index (χ4n) is 12.9. The van der Waals surface area contributed by atoms with Crippen molar-refractivity contribution in [1.82, 2.24) is 18.7 Å². The zero-order valence-electron chi connectivity index (χ0n) is 46.4. The third-order valence-electron chi connectivity index (χ3n) is 16.4. The molecule has 2 aliphatic rings. The van der Waals surface area contributed by atoms with E-state index in [1.165, 1.54) is 5.56 Å². The molecule has 3 aromatic heterocycles. The molecule has 11 aromatic carbocycles. The summed E-state index contributed by atoms with van der Waals surface area (Å²) >= 11 is 2.48. The standard InChI is InChI=1S/C74H48N4O2.Pt/c1-48-41-72(75-46-61(48)51-25-9-4-10-26-51)78-68-43-54(39-40-58(68)60-44-59-57-29-11-12-32-62(57)74(65(59)45-69(60)78)63-33-13-17-37-70(63)80-71-38-18-14-34-64(71)74)79-53-28-19-27-52(42-53)76-47-77(67-36-16-15-35-66(67)76)73-55(49-21-5-2-6-22-49)30-20-31-56(73)50-23-7-3-8-24-50;/h2-46H,1H3;/i1D3;. The van der Waals surface area contributed by atoms with Gasteiger partial charge in [0.05, 0.1) is 5.41 Å². The summed E-state index contributed by atoms with van der Waals surface area (Å²) in [6.45, 7) is -2.46. The summed E-state index contributed by atoms with van der Waals surface area (Å²) in [7, 11) is 0. The van der Waals surface area contributed by atoms with Gasteiger partial charge in [0.1, 0.15) is 11.5 Å². The van der Waals surface area contributed by atoms with Crippen LogP contribution in [0.2, 0.25) is 0 Å². The predicted molar refractivity (Wildman–Crippen MR) is 323 cm³/mol. The SMILES string of the molecule is [2H]C([2H])([2H])c1cc(-n2c3cc(Oc4cccc(-n5[c](=[Pt])n(-c6c(-c7ccccc7)cccc6-c6ccccc6)c6ccccc65)c4)ccc3c3cc4c(cc32)C2(c3ccccc3Oc3ccccc32)c2ccccc2-4)ncc1-c1ccccc1. The number of rotatable bonds is 8. The van der Waals surface area contributed by atoms with Crippen molar-refractivity contribution in [2.75, 3.05) is 0 Å². The Hall–Kier alpha value is -9.87. The van der Waals surface area contributed by atoms with Crippen molar-refractivity contribution in [2.45, 2.75) is 12.3 Å². The molecule has 7 heteroatoms. The third-order valence-corrected chi connectivity index (χ3v) is 17.4. The molecule has 4 heterocycles. The van der Waals surface area contributed by atoms with Crippen molar-refractivity contribution in [3.8, 4) is 84.7 Å². The number of fused-ring (bicyclic) bond motifs is 13. The molecule has 0 unspecified atom stereocenters. The van der Waals surface area contributed by atoms with Crippen LogP contribution in [-0.2, 0) is 24.8 Å². The monoisotopic (exact) mass is 1220 g/mol. The van der Waals surface area contributed by atoms with Crippen LogP contribution in [0.1, 0.15) is 31.9 Å². The Morgan fingerprint density at radius 2 is 0.975 bits per heavy atom. The van der Waals surface area contributed by atoms with Gasteiger partial charge in [-0.2, -0.15) is 0 Å². The minimum atomic E-state index is -2.46. The van der Waals surface area contributed by atoms with E-state index < -0.39 is 12.3 Å². The van der Waals surface area contributed by atoms with Crippen LogP contribution in [0.3, 0.4) is 0 Å². The maximum absolute atomic E-state index is 8.95. The Bertz CT molecular complexity index is 4950. The van der Waals surface area contributed by atoms with E-state index in [-0.39, 0.29) is 5.56 Å². The Balaban J connectivity index is 0.889. The normalized spacial score (nSPS) is 13.5. The molecule has 14 aromatic rings. The van der Waals surface area contributed by atoms with Gasteiger partial charge in [0.15, 0.2) is 0 Å². The Morgan fingerprint density at radius 1 is 0.420 bits per heavy atom. The topological polar surface area (TPSA) is 46.1 Å². The van der Waals surface area contributed by atoms with Gasteiger partial charge in [-0.25, -0.2) is 0 Å². The van der Waals surface area contributed by atoms with E-state index in [0.717, 1.165) is 115 Å². The minimum absolute atomic E-state index is 0.212. The van der Waals surface area contributed by atoms with Gasteiger partial charge in [-0.1, -0.05) is 91.0 Å². The molecule has 0 fully saturated rings. The molecule has 0 radical (unpaired) electrons. The fourth-order valence-corrected chi connectivity index (χ4v) is 14.0. The molecular weight excluding hydrogens is 1170 g/mol. The van der Waals surface area contributed by atoms with Crippen LogP contribution in [0, 0.1) is 10.7 Å². The molecule has 16 rings (SSSR count). The van der Waals surface area contributed by atoms with Crippen molar-refractivity contribution in [1.29, 1.82) is 0 Å². The number of aryl methyl sites for hydroxylation is 1. The first kappa shape index (κ1) is 44.0. The van der Waals surface area contributed by atoms with E-state index >= 15 is 0 Å². The van der Waals surface area contributed by atoms with Gasteiger partial charge in [0, 0.05) is 27.0 Å². The van der Waals surface area contributed by atoms with E-state index in [9.17, 15) is 0 Å². The summed E-state index contributed by atoms with van der Waals surface area (Å²) in [6, 6.07) is 92.3. The van der Waals surface area contributed by atoms with Crippen molar-refractivity contribution >= 4 is 32.8 Å². The van der Waals surface area contributed by atoms with Gasteiger partial charge in [0.25, 0.3) is 0 Å². The number of imidazole rings is 1. The first-order chi connectivity index (χ1) is 41.2. The van der Waals surface area contributed by atoms with E-state index in [4.69, 9.17) is 18.6 Å². The maximum atomic E-state index is 8.95. The smallest absolute Gasteiger partial charge is 0.457 e. The molecule has 6 nitrogen and oxygen atoms in total. The van der Waals surface area contributed by atoms with Crippen LogP contribution in [0.5, 0.6) is 23.0 Å². The van der Waals surface area contributed by atoms with Gasteiger partial charge in [-0.05, 0) is 52.4 Å². The Labute approximate surface area is 483 Å². The molecule has 1 spiro atoms. The summed E-state index contributed by atoms with van der Waals surface area (Å²) < 4.78 is 48.4. The first-order valence-corrected chi connectivity index (χ1v) is 28.2. The number of benzene rings is 11. The number of para-hydroxylation sites is 5. The molecule has 0 N–H and O–H groups in total. The average Bonchev–Trinajstić information content (AvgIpc) is 2.18. The van der Waals surface area contributed by atoms with Crippen LogP contribution >= 0.6 is 0 Å². The number of aromatic nitrogens is 4. The molecule has 0 amide bonds. The van der Waals surface area contributed by atoms with Crippen molar-refractivity contribution in [3.05, 3.63) is 305 Å². The number of hydrogen-bond acceptors (Lipinski definition) is 3. The molecular formula is C74H48N4O2Pt. The second kappa shape index (κ2) is 18.6. The molecule has 386 valence electrons. The van der Waals surface area contributed by atoms with E-state index in [1.54, 1.807) is 12.3 Å².